The van der Waals surface area contributed by atoms with E-state index in [2.05, 4.69) is 10.2 Å². The van der Waals surface area contributed by atoms with Crippen LogP contribution in [0.25, 0.3) is 10.9 Å². The first-order valence-corrected chi connectivity index (χ1v) is 12.9. The van der Waals surface area contributed by atoms with Crippen LogP contribution in [-0.4, -0.2) is 49.4 Å². The maximum atomic E-state index is 13.2. The molecule has 0 spiro atoms. The number of hydrogen-bond donors (Lipinski definition) is 1. The standard InChI is InChI=1S/C25H31N3O3S/c29-25(26-16-9-19-27-17-6-7-18-27)15-8-10-21-20-28(24-14-5-4-13-23(21)24)32(30,31)22-11-2-1-3-12-22/h1-5,11-14,20H,6-10,15-19H2,(H,26,29). The third kappa shape index (κ3) is 5.22. The number of rotatable bonds is 10. The van der Waals surface area contributed by atoms with E-state index in [-0.39, 0.29) is 10.8 Å². The fourth-order valence-corrected chi connectivity index (χ4v) is 5.80. The van der Waals surface area contributed by atoms with Crippen molar-refractivity contribution in [1.29, 1.82) is 0 Å². The van der Waals surface area contributed by atoms with Gasteiger partial charge in [-0.1, -0.05) is 36.4 Å². The number of fused-ring (bicyclic) bond motifs is 1. The van der Waals surface area contributed by atoms with Crippen molar-refractivity contribution in [1.82, 2.24) is 14.2 Å². The number of aromatic nitrogens is 1. The van der Waals surface area contributed by atoms with Crippen LogP contribution >= 0.6 is 0 Å². The minimum atomic E-state index is -3.67. The van der Waals surface area contributed by atoms with Gasteiger partial charge >= 0.3 is 0 Å². The monoisotopic (exact) mass is 453 g/mol. The Labute approximate surface area is 190 Å². The molecule has 2 aromatic carbocycles. The van der Waals surface area contributed by atoms with Gasteiger partial charge in [-0.15, -0.1) is 0 Å². The summed E-state index contributed by atoms with van der Waals surface area (Å²) in [6, 6.07) is 16.0. The average molecular weight is 454 g/mol. The van der Waals surface area contributed by atoms with Crippen molar-refractivity contribution in [3.8, 4) is 0 Å². The highest BCUT2D eigenvalue weighted by atomic mass is 32.2. The molecule has 1 aliphatic heterocycles. The molecule has 0 saturated carbocycles. The molecule has 1 aromatic heterocycles. The van der Waals surface area contributed by atoms with Gasteiger partial charge in [-0.05, 0) is 75.5 Å². The molecule has 4 rings (SSSR count). The van der Waals surface area contributed by atoms with E-state index in [1.807, 2.05) is 24.3 Å². The van der Waals surface area contributed by atoms with E-state index in [0.29, 0.717) is 31.3 Å². The van der Waals surface area contributed by atoms with Crippen LogP contribution in [0.5, 0.6) is 0 Å². The second-order valence-corrected chi connectivity index (χ2v) is 10.2. The molecule has 7 heteroatoms. The lowest BCUT2D eigenvalue weighted by Gasteiger charge is -2.14. The lowest BCUT2D eigenvalue weighted by molar-refractivity contribution is -0.121. The van der Waals surface area contributed by atoms with E-state index in [4.69, 9.17) is 0 Å². The summed E-state index contributed by atoms with van der Waals surface area (Å²) >= 11 is 0. The van der Waals surface area contributed by atoms with Gasteiger partial charge in [0, 0.05) is 24.5 Å². The molecule has 0 radical (unpaired) electrons. The summed E-state index contributed by atoms with van der Waals surface area (Å²) in [5.74, 6) is 0.0621. The third-order valence-corrected chi connectivity index (χ3v) is 7.77. The van der Waals surface area contributed by atoms with Gasteiger partial charge in [-0.25, -0.2) is 12.4 Å². The van der Waals surface area contributed by atoms with Crippen LogP contribution in [0, 0.1) is 0 Å². The molecule has 0 aliphatic carbocycles. The molecule has 1 N–H and O–H groups in total. The molecular weight excluding hydrogens is 422 g/mol. The van der Waals surface area contributed by atoms with Gasteiger partial charge in [-0.2, -0.15) is 0 Å². The highest BCUT2D eigenvalue weighted by molar-refractivity contribution is 7.90. The van der Waals surface area contributed by atoms with Gasteiger partial charge in [0.1, 0.15) is 0 Å². The maximum Gasteiger partial charge on any atom is 0.268 e. The maximum absolute atomic E-state index is 13.2. The third-order valence-electron chi connectivity index (χ3n) is 6.08. The Morgan fingerprint density at radius 1 is 0.938 bits per heavy atom. The molecular formula is C25H31N3O3S. The Morgan fingerprint density at radius 3 is 2.44 bits per heavy atom. The summed E-state index contributed by atoms with van der Waals surface area (Å²) < 4.78 is 27.7. The summed E-state index contributed by atoms with van der Waals surface area (Å²) in [6.45, 7) is 4.13. The summed E-state index contributed by atoms with van der Waals surface area (Å²) in [4.78, 5) is 14.9. The van der Waals surface area contributed by atoms with E-state index < -0.39 is 10.0 Å². The smallest absolute Gasteiger partial charge is 0.268 e. The number of aryl methyl sites for hydroxylation is 1. The molecule has 0 unspecified atom stereocenters. The van der Waals surface area contributed by atoms with E-state index in [0.717, 1.165) is 23.9 Å². The van der Waals surface area contributed by atoms with Gasteiger partial charge in [0.2, 0.25) is 5.91 Å². The quantitative estimate of drug-likeness (QED) is 0.474. The second kappa shape index (κ2) is 10.3. The average Bonchev–Trinajstić information content (AvgIpc) is 3.46. The number of para-hydroxylation sites is 1. The first-order chi connectivity index (χ1) is 15.6. The zero-order chi connectivity index (χ0) is 22.4. The van der Waals surface area contributed by atoms with Crippen molar-refractivity contribution in [3.63, 3.8) is 0 Å². The number of carbonyl (C=O) groups excluding carboxylic acids is 1. The number of nitrogens with one attached hydrogen (secondary N) is 1. The predicted octanol–water partition coefficient (Wildman–Crippen LogP) is 3.80. The lowest BCUT2D eigenvalue weighted by atomic mass is 10.1. The van der Waals surface area contributed by atoms with E-state index in [1.165, 1.54) is 29.9 Å². The summed E-state index contributed by atoms with van der Waals surface area (Å²) in [7, 11) is -3.67. The van der Waals surface area contributed by atoms with E-state index >= 15 is 0 Å². The number of amides is 1. The van der Waals surface area contributed by atoms with Gasteiger partial charge in [-0.3, -0.25) is 4.79 Å². The summed E-state index contributed by atoms with van der Waals surface area (Å²) in [5.41, 5.74) is 1.61. The molecule has 6 nitrogen and oxygen atoms in total. The molecule has 32 heavy (non-hydrogen) atoms. The zero-order valence-corrected chi connectivity index (χ0v) is 19.2. The number of hydrogen-bond acceptors (Lipinski definition) is 4. The topological polar surface area (TPSA) is 71.4 Å². The van der Waals surface area contributed by atoms with Gasteiger partial charge < -0.3 is 10.2 Å². The Bertz CT molecular complexity index is 1150. The predicted molar refractivity (Wildman–Crippen MR) is 127 cm³/mol. The lowest BCUT2D eigenvalue weighted by Crippen LogP contribution is -2.28. The largest absolute Gasteiger partial charge is 0.356 e. The van der Waals surface area contributed by atoms with Crippen molar-refractivity contribution in [3.05, 3.63) is 66.4 Å². The second-order valence-electron chi connectivity index (χ2n) is 8.39. The minimum absolute atomic E-state index is 0.0621. The molecule has 1 amide bonds. The van der Waals surface area contributed by atoms with Gasteiger partial charge in [0.15, 0.2) is 0 Å². The summed E-state index contributed by atoms with van der Waals surface area (Å²) in [5, 5.41) is 3.93. The highest BCUT2D eigenvalue weighted by Gasteiger charge is 2.20. The Hall–Kier alpha value is -2.64. The van der Waals surface area contributed by atoms with Crippen LogP contribution < -0.4 is 5.32 Å². The number of nitrogens with zero attached hydrogens (tertiary/aromatic N) is 2. The van der Waals surface area contributed by atoms with Crippen molar-refractivity contribution < 1.29 is 13.2 Å². The molecule has 1 fully saturated rings. The van der Waals surface area contributed by atoms with Crippen molar-refractivity contribution in [2.75, 3.05) is 26.2 Å². The number of benzene rings is 2. The Morgan fingerprint density at radius 2 is 1.66 bits per heavy atom. The van der Waals surface area contributed by atoms with Crippen LogP contribution in [0.2, 0.25) is 0 Å². The van der Waals surface area contributed by atoms with Crippen molar-refractivity contribution >= 4 is 26.8 Å². The van der Waals surface area contributed by atoms with Gasteiger partial charge in [0.25, 0.3) is 10.0 Å². The van der Waals surface area contributed by atoms with Crippen molar-refractivity contribution in [2.45, 2.75) is 43.4 Å². The molecule has 2 heterocycles. The molecule has 1 aliphatic rings. The molecule has 0 atom stereocenters. The SMILES string of the molecule is O=C(CCCc1cn(S(=O)(=O)c2ccccc2)c2ccccc12)NCCCN1CCCC1. The van der Waals surface area contributed by atoms with Crippen LogP contribution in [0.1, 0.15) is 37.7 Å². The number of carbonyl (C=O) groups is 1. The minimum Gasteiger partial charge on any atom is -0.356 e. The van der Waals surface area contributed by atoms with Crippen LogP contribution in [0.3, 0.4) is 0 Å². The van der Waals surface area contributed by atoms with E-state index in [1.54, 1.807) is 36.5 Å². The highest BCUT2D eigenvalue weighted by Crippen LogP contribution is 2.27. The normalized spacial score (nSPS) is 14.8. The Kier molecular flexibility index (Phi) is 7.27. The molecule has 1 saturated heterocycles. The molecule has 0 bridgehead atoms. The van der Waals surface area contributed by atoms with Crippen molar-refractivity contribution in [2.24, 2.45) is 0 Å². The van der Waals surface area contributed by atoms with Crippen LogP contribution in [-0.2, 0) is 21.2 Å². The first kappa shape index (κ1) is 22.6. The van der Waals surface area contributed by atoms with E-state index in [9.17, 15) is 13.2 Å². The van der Waals surface area contributed by atoms with Crippen LogP contribution in [0.15, 0.2) is 65.7 Å². The van der Waals surface area contributed by atoms with Gasteiger partial charge in [0.05, 0.1) is 10.4 Å². The first-order valence-electron chi connectivity index (χ1n) is 11.4. The Balaban J connectivity index is 1.36. The molecule has 3 aromatic rings. The summed E-state index contributed by atoms with van der Waals surface area (Å²) in [6.07, 6.45) is 7.04. The fraction of sp³-hybridized carbons (Fsp3) is 0.400. The van der Waals surface area contributed by atoms with Crippen LogP contribution in [0.4, 0.5) is 0 Å². The zero-order valence-electron chi connectivity index (χ0n) is 18.4. The number of likely N-dealkylation sites (tertiary alicyclic amines) is 1. The fourth-order valence-electron chi connectivity index (χ4n) is 4.39. The molecule has 170 valence electrons.